The average molecular weight is 1040 g/mol. The van der Waals surface area contributed by atoms with E-state index >= 15 is 0 Å². The molecule has 2 rings (SSSR count). The molecule has 0 aliphatic carbocycles. The Morgan fingerprint density at radius 3 is 1.76 bits per heavy atom. The highest BCUT2D eigenvalue weighted by Crippen LogP contribution is 2.19. The number of aliphatic hydroxyl groups excluding tert-OH is 1. The van der Waals surface area contributed by atoms with Crippen molar-refractivity contribution in [1.29, 1.82) is 0 Å². The number of carboxylic acids is 1. The monoisotopic (exact) mass is 1040 g/mol. The minimum atomic E-state index is -1.72. The fourth-order valence-corrected chi connectivity index (χ4v) is 8.61. The lowest BCUT2D eigenvalue weighted by Gasteiger charge is -2.27. The van der Waals surface area contributed by atoms with Crippen molar-refractivity contribution in [3.63, 3.8) is 0 Å². The van der Waals surface area contributed by atoms with Gasteiger partial charge in [-0.3, -0.25) is 47.9 Å². The maximum Gasteiger partial charge on any atom is 0.305 e. The second-order valence-electron chi connectivity index (χ2n) is 19.5. The number of hydrogen-bond acceptors (Lipinski definition) is 15. The van der Waals surface area contributed by atoms with Gasteiger partial charge in [-0.2, -0.15) is 0 Å². The number of aliphatic carboxylic acids is 1. The highest BCUT2D eigenvalue weighted by molar-refractivity contribution is 5.98. The molecule has 1 aromatic rings. The molecule has 1 heterocycles. The molecule has 1 aliphatic rings. The first-order valence-electron chi connectivity index (χ1n) is 26.1. The Labute approximate surface area is 434 Å². The van der Waals surface area contributed by atoms with Gasteiger partial charge in [-0.25, -0.2) is 0 Å². The Bertz CT molecular complexity index is 1980. The Kier molecular flexibility index (Phi) is 30.7. The molecule has 23 nitrogen and oxygen atoms in total. The number of nitrogens with one attached hydrogen (secondary N) is 7. The quantitative estimate of drug-likeness (QED) is 0.0487. The number of rotatable bonds is 26. The highest BCUT2D eigenvalue weighted by atomic mass is 16.4. The zero-order chi connectivity index (χ0) is 55.2. The van der Waals surface area contributed by atoms with Crippen molar-refractivity contribution in [3.05, 3.63) is 35.9 Å². The van der Waals surface area contributed by atoms with Crippen LogP contribution in [-0.2, 0) is 54.4 Å². The predicted octanol–water partition coefficient (Wildman–Crippen LogP) is -1.16. The van der Waals surface area contributed by atoms with Crippen LogP contribution in [0, 0.1) is 17.8 Å². The Hall–Kier alpha value is -5.88. The molecule has 0 saturated carbocycles. The van der Waals surface area contributed by atoms with Gasteiger partial charge in [0.1, 0.15) is 24.2 Å². The molecule has 416 valence electrons. The summed E-state index contributed by atoms with van der Waals surface area (Å²) >= 11 is 0. The SMILES string of the molecule is CCCCCCC[C@@H](O)CC(=O)N[C@H](CCN)C(=O)C[C@H]1CCNC(=O)[C@H](CC(=O)O)NC(=O)[C@H](CCN)NC(=O)[C@H](CCN)NC(=O)[C@H](CC(C)C)NC(=O)[C@@H](Cc2ccccc2)CC(=O)[C@H](CCN)NC1=O. The van der Waals surface area contributed by atoms with Crippen LogP contribution in [0.25, 0.3) is 0 Å². The van der Waals surface area contributed by atoms with Crippen molar-refractivity contribution in [1.82, 2.24) is 37.2 Å². The van der Waals surface area contributed by atoms with E-state index in [0.29, 0.717) is 18.4 Å². The van der Waals surface area contributed by atoms with Gasteiger partial charge >= 0.3 is 5.97 Å². The lowest BCUT2D eigenvalue weighted by molar-refractivity contribution is -0.141. The van der Waals surface area contributed by atoms with E-state index in [9.17, 15) is 58.2 Å². The normalized spacial score (nSPS) is 23.0. The van der Waals surface area contributed by atoms with Crippen LogP contribution in [-0.4, -0.2) is 144 Å². The first-order valence-corrected chi connectivity index (χ1v) is 26.1. The van der Waals surface area contributed by atoms with Gasteiger partial charge in [0.05, 0.1) is 31.0 Å². The van der Waals surface area contributed by atoms with Crippen LogP contribution in [0.1, 0.15) is 129 Å². The number of Topliss-reactive ketones (excluding diaryl/α,β-unsaturated/α-hetero) is 2. The maximum absolute atomic E-state index is 14.4. The van der Waals surface area contributed by atoms with Crippen molar-refractivity contribution in [3.8, 4) is 0 Å². The number of unbranched alkanes of at least 4 members (excludes halogenated alkanes) is 4. The molecule has 1 aliphatic heterocycles. The standard InChI is InChI=1S/C51H85N11O12/c1-4-5-6-7-11-14-35(63)29-44(66)57-36(15-20-52)42(64)27-33-19-24-56-48(71)41(30-45(67)68)62-50(73)39(18-23-55)59-49(72)38(17-22-54)60-51(74)40(25-31(2)3)61-47(70)34(26-32-12-9-8-10-13-32)28-43(65)37(16-21-53)58-46(33)69/h8-10,12-13,31,33-41,63H,4-7,11,14-30,52-55H2,1-3H3,(H,56,71)(H,57,66)(H,58,69)(H,59,72)(H,60,74)(H,61,70)(H,62,73)(H,67,68)/t33-,34+,35-,36-,37+,38+,39+,40+,41+/m1/s1. The van der Waals surface area contributed by atoms with E-state index in [2.05, 4.69) is 44.1 Å². The summed E-state index contributed by atoms with van der Waals surface area (Å²) in [5.41, 5.74) is 24.2. The predicted molar refractivity (Wildman–Crippen MR) is 276 cm³/mol. The van der Waals surface area contributed by atoms with Gasteiger partial charge in [-0.05, 0) is 89.0 Å². The Balaban J connectivity index is 2.68. The second-order valence-corrected chi connectivity index (χ2v) is 19.5. The fraction of sp³-hybridized carbons (Fsp3) is 0.686. The minimum Gasteiger partial charge on any atom is -0.481 e. The van der Waals surface area contributed by atoms with Crippen molar-refractivity contribution in [2.45, 2.75) is 172 Å². The molecular weight excluding hydrogens is 959 g/mol. The molecule has 0 spiro atoms. The summed E-state index contributed by atoms with van der Waals surface area (Å²) in [6.07, 6.45) is 1.37. The van der Waals surface area contributed by atoms with Crippen LogP contribution in [0.4, 0.5) is 0 Å². The minimum absolute atomic E-state index is 0.0303. The molecule has 23 heteroatoms. The third-order valence-electron chi connectivity index (χ3n) is 12.7. The van der Waals surface area contributed by atoms with Gasteiger partial charge in [0.2, 0.25) is 41.4 Å². The number of carbonyl (C=O) groups is 10. The molecule has 0 unspecified atom stereocenters. The second kappa shape index (κ2) is 35.3. The number of aliphatic hydroxyl groups is 1. The summed E-state index contributed by atoms with van der Waals surface area (Å²) in [5.74, 6) is -11.0. The number of nitrogens with two attached hydrogens (primary N) is 4. The number of ketones is 2. The Morgan fingerprint density at radius 2 is 1.19 bits per heavy atom. The van der Waals surface area contributed by atoms with E-state index in [4.69, 9.17) is 22.9 Å². The van der Waals surface area contributed by atoms with Crippen LogP contribution < -0.4 is 60.2 Å². The molecule has 9 atom stereocenters. The molecule has 17 N–H and O–H groups in total. The average Bonchev–Trinajstić information content (AvgIpc) is 3.34. The number of amides is 7. The van der Waals surface area contributed by atoms with Crippen LogP contribution >= 0.6 is 0 Å². The lowest BCUT2D eigenvalue weighted by Crippen LogP contribution is -2.59. The van der Waals surface area contributed by atoms with Gasteiger partial charge in [0.25, 0.3) is 0 Å². The molecule has 1 aromatic carbocycles. The van der Waals surface area contributed by atoms with Crippen LogP contribution in [0.5, 0.6) is 0 Å². The van der Waals surface area contributed by atoms with E-state index in [1.807, 2.05) is 13.8 Å². The fourth-order valence-electron chi connectivity index (χ4n) is 8.61. The van der Waals surface area contributed by atoms with Crippen molar-refractivity contribution in [2.24, 2.45) is 40.7 Å². The molecule has 0 radical (unpaired) electrons. The molecule has 0 aromatic heterocycles. The summed E-state index contributed by atoms with van der Waals surface area (Å²) in [7, 11) is 0. The van der Waals surface area contributed by atoms with Gasteiger partial charge < -0.3 is 70.4 Å². The van der Waals surface area contributed by atoms with E-state index < -0.39 is 132 Å². The molecular formula is C51H85N11O12. The maximum atomic E-state index is 14.4. The molecule has 0 bridgehead atoms. The van der Waals surface area contributed by atoms with E-state index in [-0.39, 0.29) is 90.0 Å². The van der Waals surface area contributed by atoms with Gasteiger partial charge in [-0.15, -0.1) is 0 Å². The Morgan fingerprint density at radius 1 is 0.649 bits per heavy atom. The topological polar surface area (TPSA) is 399 Å². The largest absolute Gasteiger partial charge is 0.481 e. The molecule has 1 saturated heterocycles. The van der Waals surface area contributed by atoms with E-state index in [1.54, 1.807) is 30.3 Å². The number of benzene rings is 1. The van der Waals surface area contributed by atoms with Crippen LogP contribution in [0.3, 0.4) is 0 Å². The summed E-state index contributed by atoms with van der Waals surface area (Å²) in [6, 6.07) is 0.595. The third-order valence-corrected chi connectivity index (χ3v) is 12.7. The van der Waals surface area contributed by atoms with Crippen molar-refractivity contribution < 1.29 is 58.2 Å². The van der Waals surface area contributed by atoms with E-state index in [0.717, 1.165) is 25.7 Å². The summed E-state index contributed by atoms with van der Waals surface area (Å²) in [5, 5.41) is 38.5. The van der Waals surface area contributed by atoms with Gasteiger partial charge in [0, 0.05) is 31.2 Å². The van der Waals surface area contributed by atoms with Crippen LogP contribution in [0.15, 0.2) is 30.3 Å². The first kappa shape index (κ1) is 64.2. The summed E-state index contributed by atoms with van der Waals surface area (Å²) < 4.78 is 0. The molecule has 1 fully saturated rings. The highest BCUT2D eigenvalue weighted by Gasteiger charge is 2.36. The lowest BCUT2D eigenvalue weighted by atomic mass is 9.89. The van der Waals surface area contributed by atoms with Crippen molar-refractivity contribution in [2.75, 3.05) is 32.7 Å². The molecule has 7 amide bonds. The molecule has 74 heavy (non-hydrogen) atoms. The van der Waals surface area contributed by atoms with Crippen molar-refractivity contribution >= 4 is 58.9 Å². The zero-order valence-electron chi connectivity index (χ0n) is 43.5. The smallest absolute Gasteiger partial charge is 0.305 e. The van der Waals surface area contributed by atoms with Crippen LogP contribution in [0.2, 0.25) is 0 Å². The zero-order valence-corrected chi connectivity index (χ0v) is 43.5. The van der Waals surface area contributed by atoms with E-state index in [1.165, 1.54) is 0 Å². The number of carboxylic acid groups (broad SMARTS) is 1. The summed E-state index contributed by atoms with van der Waals surface area (Å²) in [4.78, 5) is 138. The number of hydrogen-bond donors (Lipinski definition) is 13. The third kappa shape index (κ3) is 24.4. The van der Waals surface area contributed by atoms with Gasteiger partial charge in [-0.1, -0.05) is 83.2 Å². The van der Waals surface area contributed by atoms with Gasteiger partial charge in [0.15, 0.2) is 11.6 Å². The first-order chi connectivity index (χ1) is 35.3. The summed E-state index contributed by atoms with van der Waals surface area (Å²) in [6.45, 7) is 4.94. The number of carbonyl (C=O) groups excluding carboxylic acids is 9.